The van der Waals surface area contributed by atoms with Gasteiger partial charge in [-0.05, 0) is 36.8 Å². The Labute approximate surface area is 156 Å². The van der Waals surface area contributed by atoms with Gasteiger partial charge in [-0.15, -0.1) is 0 Å². The molecule has 1 aliphatic heterocycles. The van der Waals surface area contributed by atoms with E-state index >= 15 is 0 Å². The van der Waals surface area contributed by atoms with Gasteiger partial charge in [0.2, 0.25) is 17.7 Å². The smallest absolute Gasteiger partial charge is 0.244 e. The van der Waals surface area contributed by atoms with E-state index in [4.69, 9.17) is 16.3 Å². The highest BCUT2D eigenvalue weighted by atomic mass is 35.5. The third-order valence-corrected chi connectivity index (χ3v) is 6.03. The standard InChI is InChI=1S/C19H19ClN2O4/c1-9-5-13(14(26-2)7-12(9)20)21-15(23)8-22-18(24)16-10-3-4-11(6-10)17(16)19(22)25/h3-5,7,10-11,16-17H,6,8H2,1-2H3,(H,21,23)/t10-,11-,16-,17+/m0/s1. The van der Waals surface area contributed by atoms with Crippen LogP contribution < -0.4 is 10.1 Å². The fourth-order valence-electron chi connectivity index (χ4n) is 4.38. The number of amides is 3. The number of hydrogen-bond acceptors (Lipinski definition) is 4. The number of fused-ring (bicyclic) bond motifs is 5. The summed E-state index contributed by atoms with van der Waals surface area (Å²) in [4.78, 5) is 38.9. The number of nitrogens with zero attached hydrogens (tertiary/aromatic N) is 1. The van der Waals surface area contributed by atoms with Crippen molar-refractivity contribution in [2.45, 2.75) is 13.3 Å². The summed E-state index contributed by atoms with van der Waals surface area (Å²) in [5.41, 5.74) is 1.24. The van der Waals surface area contributed by atoms with E-state index in [1.165, 1.54) is 7.11 Å². The summed E-state index contributed by atoms with van der Waals surface area (Å²) in [5, 5.41) is 3.25. The number of aryl methyl sites for hydroxylation is 1. The Balaban J connectivity index is 1.49. The predicted octanol–water partition coefficient (Wildman–Crippen LogP) is 2.40. The summed E-state index contributed by atoms with van der Waals surface area (Å²) in [7, 11) is 1.48. The number of likely N-dealkylation sites (tertiary alicyclic amines) is 1. The molecule has 2 fully saturated rings. The predicted molar refractivity (Wildman–Crippen MR) is 95.8 cm³/mol. The van der Waals surface area contributed by atoms with Crippen molar-refractivity contribution in [3.63, 3.8) is 0 Å². The molecule has 0 radical (unpaired) electrons. The number of imide groups is 1. The van der Waals surface area contributed by atoms with Gasteiger partial charge in [0.15, 0.2) is 0 Å². The Morgan fingerprint density at radius 2 is 1.85 bits per heavy atom. The Kier molecular flexibility index (Phi) is 4.03. The molecule has 1 N–H and O–H groups in total. The first-order chi connectivity index (χ1) is 12.4. The largest absolute Gasteiger partial charge is 0.495 e. The highest BCUT2D eigenvalue weighted by molar-refractivity contribution is 6.31. The second-order valence-electron chi connectivity index (χ2n) is 7.11. The number of nitrogens with one attached hydrogen (secondary N) is 1. The zero-order valence-corrected chi connectivity index (χ0v) is 15.2. The lowest BCUT2D eigenvalue weighted by Crippen LogP contribution is -2.39. The van der Waals surface area contributed by atoms with Crippen molar-refractivity contribution >= 4 is 35.0 Å². The molecule has 7 heteroatoms. The van der Waals surface area contributed by atoms with Gasteiger partial charge in [-0.25, -0.2) is 0 Å². The van der Waals surface area contributed by atoms with Crippen LogP contribution in [0.25, 0.3) is 0 Å². The molecule has 2 bridgehead atoms. The van der Waals surface area contributed by atoms with Crippen molar-refractivity contribution in [1.82, 2.24) is 4.90 Å². The Hall–Kier alpha value is -2.34. The molecule has 1 saturated carbocycles. The van der Waals surface area contributed by atoms with E-state index in [-0.39, 0.29) is 42.0 Å². The van der Waals surface area contributed by atoms with Crippen LogP contribution in [0.5, 0.6) is 5.75 Å². The van der Waals surface area contributed by atoms with Crippen LogP contribution in [0.3, 0.4) is 0 Å². The molecular weight excluding hydrogens is 356 g/mol. The Bertz CT molecular complexity index is 820. The fraction of sp³-hybridized carbons (Fsp3) is 0.421. The highest BCUT2D eigenvalue weighted by Gasteiger charge is 2.59. The van der Waals surface area contributed by atoms with Crippen LogP contribution in [0.1, 0.15) is 12.0 Å². The third-order valence-electron chi connectivity index (χ3n) is 5.62. The van der Waals surface area contributed by atoms with Gasteiger partial charge in [-0.3, -0.25) is 19.3 Å². The average Bonchev–Trinajstić information content (AvgIpc) is 3.28. The molecule has 1 aromatic carbocycles. The van der Waals surface area contributed by atoms with E-state index < -0.39 is 5.91 Å². The molecule has 4 atom stereocenters. The van der Waals surface area contributed by atoms with Gasteiger partial charge >= 0.3 is 0 Å². The topological polar surface area (TPSA) is 75.7 Å². The number of allylic oxidation sites excluding steroid dienone is 2. The molecule has 3 aliphatic rings. The number of anilines is 1. The molecule has 136 valence electrons. The minimum absolute atomic E-state index is 0.133. The first kappa shape index (κ1) is 17.1. The maximum absolute atomic E-state index is 12.6. The molecular formula is C19H19ClN2O4. The summed E-state index contributed by atoms with van der Waals surface area (Å²) in [6.07, 6.45) is 4.93. The lowest BCUT2D eigenvalue weighted by Gasteiger charge is -2.18. The summed E-state index contributed by atoms with van der Waals surface area (Å²) < 4.78 is 5.24. The van der Waals surface area contributed by atoms with E-state index in [1.54, 1.807) is 12.1 Å². The first-order valence-electron chi connectivity index (χ1n) is 8.58. The number of hydrogen-bond donors (Lipinski definition) is 1. The van der Waals surface area contributed by atoms with Gasteiger partial charge in [0.05, 0.1) is 24.6 Å². The third kappa shape index (κ3) is 2.51. The van der Waals surface area contributed by atoms with Crippen LogP contribution in [0.2, 0.25) is 5.02 Å². The minimum atomic E-state index is -0.438. The normalized spacial score (nSPS) is 28.7. The van der Waals surface area contributed by atoms with Crippen LogP contribution >= 0.6 is 11.6 Å². The second-order valence-corrected chi connectivity index (χ2v) is 7.52. The number of ether oxygens (including phenoxy) is 1. The number of rotatable bonds is 4. The van der Waals surface area contributed by atoms with E-state index in [0.29, 0.717) is 16.5 Å². The van der Waals surface area contributed by atoms with Crippen molar-refractivity contribution in [1.29, 1.82) is 0 Å². The van der Waals surface area contributed by atoms with Crippen LogP contribution in [-0.4, -0.2) is 36.3 Å². The number of benzene rings is 1. The van der Waals surface area contributed by atoms with Gasteiger partial charge in [0.1, 0.15) is 12.3 Å². The van der Waals surface area contributed by atoms with E-state index in [1.807, 2.05) is 19.1 Å². The Morgan fingerprint density at radius 1 is 1.23 bits per heavy atom. The Morgan fingerprint density at radius 3 is 2.42 bits per heavy atom. The van der Waals surface area contributed by atoms with Gasteiger partial charge in [-0.2, -0.15) is 0 Å². The maximum Gasteiger partial charge on any atom is 0.244 e. The molecule has 1 saturated heterocycles. The van der Waals surface area contributed by atoms with Crippen molar-refractivity contribution in [2.75, 3.05) is 19.0 Å². The van der Waals surface area contributed by atoms with Crippen molar-refractivity contribution < 1.29 is 19.1 Å². The van der Waals surface area contributed by atoms with Gasteiger partial charge < -0.3 is 10.1 Å². The lowest BCUT2D eigenvalue weighted by atomic mass is 9.85. The molecule has 0 aromatic heterocycles. The zero-order valence-electron chi connectivity index (χ0n) is 14.5. The average molecular weight is 375 g/mol. The van der Waals surface area contributed by atoms with Gasteiger partial charge in [-0.1, -0.05) is 23.8 Å². The van der Waals surface area contributed by atoms with Gasteiger partial charge in [0.25, 0.3) is 0 Å². The minimum Gasteiger partial charge on any atom is -0.495 e. The molecule has 1 aromatic rings. The van der Waals surface area contributed by atoms with Crippen molar-refractivity contribution in [3.8, 4) is 5.75 Å². The SMILES string of the molecule is COc1cc(Cl)c(C)cc1NC(=O)CN1C(=O)[C@@H]2[C@H](C1=O)[C@H]1C=C[C@H]2C1. The van der Waals surface area contributed by atoms with E-state index in [0.717, 1.165) is 16.9 Å². The molecule has 0 unspecified atom stereocenters. The van der Waals surface area contributed by atoms with Crippen LogP contribution in [0.4, 0.5) is 5.69 Å². The molecule has 26 heavy (non-hydrogen) atoms. The number of methoxy groups -OCH3 is 1. The summed E-state index contributed by atoms with van der Waals surface area (Å²) in [5.74, 6) is -0.797. The van der Waals surface area contributed by atoms with Crippen LogP contribution in [0, 0.1) is 30.6 Å². The highest BCUT2D eigenvalue weighted by Crippen LogP contribution is 2.52. The number of carbonyl (C=O) groups is 3. The summed E-state index contributed by atoms with van der Waals surface area (Å²) in [6, 6.07) is 3.32. The number of halogens is 1. The van der Waals surface area contributed by atoms with Crippen LogP contribution in [-0.2, 0) is 14.4 Å². The zero-order chi connectivity index (χ0) is 18.6. The second kappa shape index (κ2) is 6.13. The molecule has 3 amide bonds. The lowest BCUT2D eigenvalue weighted by molar-refractivity contribution is -0.143. The molecule has 1 heterocycles. The monoisotopic (exact) mass is 374 g/mol. The van der Waals surface area contributed by atoms with E-state index in [2.05, 4.69) is 5.32 Å². The van der Waals surface area contributed by atoms with Crippen molar-refractivity contribution in [3.05, 3.63) is 34.9 Å². The summed E-state index contributed by atoms with van der Waals surface area (Å²) >= 11 is 6.07. The van der Waals surface area contributed by atoms with Crippen LogP contribution in [0.15, 0.2) is 24.3 Å². The van der Waals surface area contributed by atoms with Crippen molar-refractivity contribution in [2.24, 2.45) is 23.7 Å². The summed E-state index contributed by atoms with van der Waals surface area (Å²) in [6.45, 7) is 1.53. The molecule has 2 aliphatic carbocycles. The quantitative estimate of drug-likeness (QED) is 0.648. The fourth-order valence-corrected chi connectivity index (χ4v) is 4.54. The molecule has 0 spiro atoms. The van der Waals surface area contributed by atoms with E-state index in [9.17, 15) is 14.4 Å². The van der Waals surface area contributed by atoms with Gasteiger partial charge in [0, 0.05) is 11.1 Å². The maximum atomic E-state index is 12.6. The number of carbonyl (C=O) groups excluding carboxylic acids is 3. The molecule has 6 nitrogen and oxygen atoms in total. The molecule has 4 rings (SSSR count). The first-order valence-corrected chi connectivity index (χ1v) is 8.96.